The summed E-state index contributed by atoms with van der Waals surface area (Å²) in [5.41, 5.74) is 0.961. The molecule has 0 spiro atoms. The first-order valence-electron chi connectivity index (χ1n) is 4.42. The van der Waals surface area contributed by atoms with Crippen LogP contribution >= 0.6 is 7.92 Å². The van der Waals surface area contributed by atoms with Crippen LogP contribution in [0.4, 0.5) is 5.69 Å². The molecule has 0 aliphatic rings. The number of anilines is 1. The highest BCUT2D eigenvalue weighted by atomic mass is 31.1. The van der Waals surface area contributed by atoms with Crippen LogP contribution in [0.5, 0.6) is 5.75 Å². The van der Waals surface area contributed by atoms with E-state index >= 15 is 0 Å². The molecular formula is C11H16NOP. The normalized spacial score (nSPS) is 10.0. The van der Waals surface area contributed by atoms with Crippen molar-refractivity contribution >= 4 is 18.9 Å². The number of rotatable bonds is 4. The van der Waals surface area contributed by atoms with Crippen LogP contribution in [0.1, 0.15) is 0 Å². The van der Waals surface area contributed by atoms with E-state index in [9.17, 15) is 0 Å². The van der Waals surface area contributed by atoms with Gasteiger partial charge in [-0.2, -0.15) is 0 Å². The third-order valence-corrected chi connectivity index (χ3v) is 3.27. The van der Waals surface area contributed by atoms with Crippen LogP contribution in [0.15, 0.2) is 31.0 Å². The third-order valence-electron chi connectivity index (χ3n) is 1.96. The van der Waals surface area contributed by atoms with Crippen molar-refractivity contribution in [2.24, 2.45) is 0 Å². The molecular weight excluding hydrogens is 193 g/mol. The Morgan fingerprint density at radius 3 is 2.64 bits per heavy atom. The molecule has 0 aliphatic heterocycles. The van der Waals surface area contributed by atoms with Crippen LogP contribution in [0.25, 0.3) is 0 Å². The van der Waals surface area contributed by atoms with Crippen LogP contribution in [0.2, 0.25) is 0 Å². The summed E-state index contributed by atoms with van der Waals surface area (Å²) in [6.07, 6.45) is 1.65. The zero-order valence-corrected chi connectivity index (χ0v) is 9.77. The molecule has 0 aromatic heterocycles. The fourth-order valence-corrected chi connectivity index (χ4v) is 1.94. The molecule has 0 heterocycles. The molecule has 0 saturated heterocycles. The monoisotopic (exact) mass is 209 g/mol. The lowest BCUT2D eigenvalue weighted by molar-refractivity contribution is 0.417. The minimum atomic E-state index is -0.0728. The number of methoxy groups -OCH3 is 1. The molecule has 76 valence electrons. The van der Waals surface area contributed by atoms with Gasteiger partial charge in [-0.1, -0.05) is 20.6 Å². The lowest BCUT2D eigenvalue weighted by Crippen LogP contribution is -2.02. The molecule has 1 aromatic rings. The van der Waals surface area contributed by atoms with Crippen LogP contribution in [-0.2, 0) is 0 Å². The third kappa shape index (κ3) is 2.49. The fourth-order valence-electron chi connectivity index (χ4n) is 1.19. The van der Waals surface area contributed by atoms with E-state index < -0.39 is 0 Å². The van der Waals surface area contributed by atoms with Crippen molar-refractivity contribution in [2.75, 3.05) is 25.8 Å². The van der Waals surface area contributed by atoms with E-state index in [0.717, 1.165) is 11.4 Å². The Hall–Kier alpha value is -1.01. The molecule has 3 heteroatoms. The molecule has 1 aromatic carbocycles. The minimum absolute atomic E-state index is 0.0728. The Morgan fingerprint density at radius 2 is 2.14 bits per heavy atom. The van der Waals surface area contributed by atoms with Crippen molar-refractivity contribution < 1.29 is 4.74 Å². The van der Waals surface area contributed by atoms with Crippen LogP contribution < -0.4 is 15.4 Å². The Morgan fingerprint density at radius 1 is 1.43 bits per heavy atom. The molecule has 0 radical (unpaired) electrons. The van der Waals surface area contributed by atoms with Crippen molar-refractivity contribution in [3.05, 3.63) is 31.0 Å². The summed E-state index contributed by atoms with van der Waals surface area (Å²) in [5, 5.41) is 4.38. The fraction of sp³-hybridized carbons (Fsp3) is 0.273. The van der Waals surface area contributed by atoms with Gasteiger partial charge in [0.1, 0.15) is 5.75 Å². The molecule has 0 saturated carbocycles. The largest absolute Gasteiger partial charge is 0.495 e. The van der Waals surface area contributed by atoms with Gasteiger partial charge in [0.05, 0.1) is 12.8 Å². The molecule has 14 heavy (non-hydrogen) atoms. The highest BCUT2D eigenvalue weighted by Crippen LogP contribution is 2.29. The number of hydrogen-bond donors (Lipinski definition) is 1. The molecule has 0 amide bonds. The minimum Gasteiger partial charge on any atom is -0.495 e. The zero-order chi connectivity index (χ0) is 10.6. The van der Waals surface area contributed by atoms with Gasteiger partial charge >= 0.3 is 0 Å². The second-order valence-corrected chi connectivity index (χ2v) is 5.43. The van der Waals surface area contributed by atoms with Crippen molar-refractivity contribution in [3.8, 4) is 5.75 Å². The number of benzene rings is 1. The maximum atomic E-state index is 5.29. The second-order valence-electron chi connectivity index (χ2n) is 3.13. The van der Waals surface area contributed by atoms with Gasteiger partial charge in [0.25, 0.3) is 0 Å². The molecule has 1 N–H and O–H groups in total. The number of hydrogen-bond acceptors (Lipinski definition) is 2. The summed E-state index contributed by atoms with van der Waals surface area (Å²) in [6, 6.07) is 6.23. The average molecular weight is 209 g/mol. The van der Waals surface area contributed by atoms with Crippen molar-refractivity contribution in [3.63, 3.8) is 0 Å². The smallest absolute Gasteiger partial charge is 0.142 e. The summed E-state index contributed by atoms with van der Waals surface area (Å²) in [6.45, 7) is 8.08. The topological polar surface area (TPSA) is 21.3 Å². The maximum Gasteiger partial charge on any atom is 0.142 e. The van der Waals surface area contributed by atoms with Crippen molar-refractivity contribution in [1.82, 2.24) is 0 Å². The highest BCUT2D eigenvalue weighted by molar-refractivity contribution is 7.64. The van der Waals surface area contributed by atoms with Crippen LogP contribution in [-0.4, -0.2) is 20.4 Å². The Labute approximate surface area is 86.7 Å². The molecule has 2 nitrogen and oxygen atoms in total. The molecule has 0 unspecified atom stereocenters. The zero-order valence-electron chi connectivity index (χ0n) is 8.87. The van der Waals surface area contributed by atoms with Gasteiger partial charge in [-0.3, -0.25) is 0 Å². The summed E-state index contributed by atoms with van der Waals surface area (Å²) >= 11 is 0. The SMILES string of the molecule is C=CNc1ccc(P(C)C)cc1OC. The summed E-state index contributed by atoms with van der Waals surface area (Å²) < 4.78 is 5.29. The number of ether oxygens (including phenoxy) is 1. The van der Waals surface area contributed by atoms with E-state index in [1.807, 2.05) is 6.07 Å². The van der Waals surface area contributed by atoms with E-state index in [2.05, 4.69) is 37.4 Å². The van der Waals surface area contributed by atoms with Gasteiger partial charge in [0.15, 0.2) is 0 Å². The van der Waals surface area contributed by atoms with Gasteiger partial charge in [-0.15, -0.1) is 0 Å². The van der Waals surface area contributed by atoms with E-state index in [0.29, 0.717) is 0 Å². The van der Waals surface area contributed by atoms with E-state index in [4.69, 9.17) is 4.74 Å². The number of nitrogens with one attached hydrogen (secondary N) is 1. The standard InChI is InChI=1S/C11H16NOP/c1-5-12-10-7-6-9(14(3)4)8-11(10)13-2/h5-8,12H,1H2,2-4H3. The molecule has 0 bridgehead atoms. The summed E-state index contributed by atoms with van der Waals surface area (Å²) in [4.78, 5) is 0. The van der Waals surface area contributed by atoms with Gasteiger partial charge in [0.2, 0.25) is 0 Å². The van der Waals surface area contributed by atoms with E-state index in [1.165, 1.54) is 5.30 Å². The van der Waals surface area contributed by atoms with E-state index in [-0.39, 0.29) is 7.92 Å². The molecule has 1 rings (SSSR count). The van der Waals surface area contributed by atoms with Gasteiger partial charge in [-0.25, -0.2) is 0 Å². The Kier molecular flexibility index (Phi) is 3.97. The Balaban J connectivity index is 3.04. The second kappa shape index (κ2) is 5.02. The van der Waals surface area contributed by atoms with Gasteiger partial charge in [-0.05, 0) is 37.0 Å². The van der Waals surface area contributed by atoms with Gasteiger partial charge in [0, 0.05) is 0 Å². The summed E-state index contributed by atoms with van der Waals surface area (Å²) in [7, 11) is 1.61. The lowest BCUT2D eigenvalue weighted by Gasteiger charge is -2.12. The highest BCUT2D eigenvalue weighted by Gasteiger charge is 2.04. The predicted octanol–water partition coefficient (Wildman–Crippen LogP) is 2.62. The lowest BCUT2D eigenvalue weighted by atomic mass is 10.3. The van der Waals surface area contributed by atoms with Crippen molar-refractivity contribution in [1.29, 1.82) is 0 Å². The molecule has 0 atom stereocenters. The quantitative estimate of drug-likeness (QED) is 0.769. The van der Waals surface area contributed by atoms with Gasteiger partial charge < -0.3 is 10.1 Å². The van der Waals surface area contributed by atoms with Crippen molar-refractivity contribution in [2.45, 2.75) is 0 Å². The van der Waals surface area contributed by atoms with Crippen LogP contribution in [0, 0.1) is 0 Å². The molecule has 0 aliphatic carbocycles. The Bertz CT molecular complexity index is 323. The average Bonchev–Trinajstić information content (AvgIpc) is 2.18. The van der Waals surface area contributed by atoms with E-state index in [1.54, 1.807) is 13.3 Å². The predicted molar refractivity (Wildman–Crippen MR) is 65.2 cm³/mol. The van der Waals surface area contributed by atoms with Crippen LogP contribution in [0.3, 0.4) is 0 Å². The summed E-state index contributed by atoms with van der Waals surface area (Å²) in [5.74, 6) is 0.874. The molecule has 0 fully saturated rings. The maximum absolute atomic E-state index is 5.29. The first kappa shape index (κ1) is 11.1. The first-order chi connectivity index (χ1) is 6.69. The first-order valence-corrected chi connectivity index (χ1v) is 6.65.